The summed E-state index contributed by atoms with van der Waals surface area (Å²) in [6.45, 7) is 5.23. The average Bonchev–Trinajstić information content (AvgIpc) is 2.53. The Morgan fingerprint density at radius 1 is 1.50 bits per heavy atom. The molecule has 0 aromatic carbocycles. The second-order valence-corrected chi connectivity index (χ2v) is 2.15. The van der Waals surface area contributed by atoms with Gasteiger partial charge in [-0.15, -0.1) is 0 Å². The molecular weight excluding hydrogens is 102 g/mol. The van der Waals surface area contributed by atoms with Crippen LogP contribution >= 0.6 is 0 Å². The molecule has 1 unspecified atom stereocenters. The molecule has 0 N–H and O–H groups in total. The van der Waals surface area contributed by atoms with Crippen LogP contribution in [0.3, 0.4) is 0 Å². The Morgan fingerprint density at radius 3 is 2.12 bits per heavy atom. The lowest BCUT2D eigenvalue weighted by atomic mass is 10.2. The Balaban J connectivity index is 2.15. The highest BCUT2D eigenvalue weighted by molar-refractivity contribution is 4.63. The van der Waals surface area contributed by atoms with Gasteiger partial charge >= 0.3 is 0 Å². The molecule has 0 aromatic heterocycles. The van der Waals surface area contributed by atoms with Gasteiger partial charge in [-0.3, -0.25) is 4.84 Å². The first-order chi connectivity index (χ1) is 3.88. The molecule has 2 heteroatoms. The monoisotopic (exact) mass is 115 g/mol. The predicted octanol–water partition coefficient (Wildman–Crippen LogP) is 1.38. The molecule has 1 heterocycles. The van der Waals surface area contributed by atoms with Crippen LogP contribution in [0, 0.1) is 0 Å². The van der Waals surface area contributed by atoms with Crippen molar-refractivity contribution in [3.63, 3.8) is 0 Å². The van der Waals surface area contributed by atoms with E-state index in [0.717, 1.165) is 6.73 Å². The molecule has 8 heavy (non-hydrogen) atoms. The van der Waals surface area contributed by atoms with Gasteiger partial charge in [0.15, 0.2) is 0 Å². The van der Waals surface area contributed by atoms with Crippen molar-refractivity contribution in [1.29, 1.82) is 0 Å². The van der Waals surface area contributed by atoms with Gasteiger partial charge in [0, 0.05) is 6.04 Å². The summed E-state index contributed by atoms with van der Waals surface area (Å²) in [7, 11) is 0. The van der Waals surface area contributed by atoms with Gasteiger partial charge in [-0.1, -0.05) is 13.8 Å². The minimum Gasteiger partial charge on any atom is -0.278 e. The minimum atomic E-state index is 0.676. The van der Waals surface area contributed by atoms with Crippen LogP contribution in [0.25, 0.3) is 0 Å². The summed E-state index contributed by atoms with van der Waals surface area (Å²) in [6, 6.07) is 0.676. The van der Waals surface area contributed by atoms with E-state index in [9.17, 15) is 0 Å². The lowest BCUT2D eigenvalue weighted by Gasteiger charge is -2.07. The van der Waals surface area contributed by atoms with E-state index in [2.05, 4.69) is 13.8 Å². The Bertz CT molecular complexity index is 66.9. The smallest absolute Gasteiger partial charge is 0.144 e. The van der Waals surface area contributed by atoms with Crippen LogP contribution < -0.4 is 0 Å². The van der Waals surface area contributed by atoms with Crippen LogP contribution in [0.2, 0.25) is 0 Å². The van der Waals surface area contributed by atoms with Crippen LogP contribution in [0.5, 0.6) is 0 Å². The summed E-state index contributed by atoms with van der Waals surface area (Å²) in [5, 5.41) is 2.03. The third kappa shape index (κ3) is 1.20. The lowest BCUT2D eigenvalue weighted by Crippen LogP contribution is -2.14. The Kier molecular flexibility index (Phi) is 1.86. The highest BCUT2D eigenvalue weighted by Crippen LogP contribution is 2.17. The standard InChI is InChI=1S/C6H13NO/c1-3-6(4-2)7-5-8-7/h6H,3-5H2,1-2H3. The first-order valence-corrected chi connectivity index (χ1v) is 3.28. The second kappa shape index (κ2) is 2.46. The van der Waals surface area contributed by atoms with Gasteiger partial charge in [0.1, 0.15) is 6.73 Å². The van der Waals surface area contributed by atoms with E-state index in [1.807, 2.05) is 5.06 Å². The van der Waals surface area contributed by atoms with Gasteiger partial charge in [-0.25, -0.2) is 0 Å². The van der Waals surface area contributed by atoms with Gasteiger partial charge in [-0.2, -0.15) is 5.06 Å². The SMILES string of the molecule is CCC(CC)N1CO1. The summed E-state index contributed by atoms with van der Waals surface area (Å²) in [5.41, 5.74) is 0. The maximum Gasteiger partial charge on any atom is 0.144 e. The van der Waals surface area contributed by atoms with E-state index >= 15 is 0 Å². The number of rotatable bonds is 3. The number of hydrogen-bond donors (Lipinski definition) is 0. The minimum absolute atomic E-state index is 0.676. The van der Waals surface area contributed by atoms with E-state index in [1.54, 1.807) is 0 Å². The van der Waals surface area contributed by atoms with Crippen LogP contribution in [0.15, 0.2) is 0 Å². The van der Waals surface area contributed by atoms with Crippen molar-refractivity contribution in [2.45, 2.75) is 32.7 Å². The molecule has 1 atom stereocenters. The molecule has 0 aromatic rings. The molecule has 1 rings (SSSR count). The van der Waals surface area contributed by atoms with E-state index in [0.29, 0.717) is 6.04 Å². The average molecular weight is 115 g/mol. The zero-order valence-corrected chi connectivity index (χ0v) is 5.55. The second-order valence-electron chi connectivity index (χ2n) is 2.15. The van der Waals surface area contributed by atoms with Crippen LogP contribution in [0.1, 0.15) is 26.7 Å². The number of nitrogens with zero attached hydrogens (tertiary/aromatic N) is 1. The van der Waals surface area contributed by atoms with Crippen LogP contribution in [-0.4, -0.2) is 17.8 Å². The maximum atomic E-state index is 4.99. The van der Waals surface area contributed by atoms with Crippen molar-refractivity contribution in [2.24, 2.45) is 0 Å². The van der Waals surface area contributed by atoms with E-state index < -0.39 is 0 Å². The highest BCUT2D eigenvalue weighted by atomic mass is 16.8. The first kappa shape index (κ1) is 6.05. The molecule has 48 valence electrons. The molecular formula is C6H13NO. The van der Waals surface area contributed by atoms with E-state index in [4.69, 9.17) is 4.84 Å². The third-order valence-corrected chi connectivity index (χ3v) is 1.63. The van der Waals surface area contributed by atoms with Crippen molar-refractivity contribution in [3.8, 4) is 0 Å². The number of hydroxylamine groups is 2. The van der Waals surface area contributed by atoms with Gasteiger partial charge in [-0.05, 0) is 12.8 Å². The topological polar surface area (TPSA) is 15.5 Å². The molecule has 0 spiro atoms. The fraction of sp³-hybridized carbons (Fsp3) is 1.00. The van der Waals surface area contributed by atoms with Gasteiger partial charge in [0.05, 0.1) is 0 Å². The zero-order chi connectivity index (χ0) is 5.98. The van der Waals surface area contributed by atoms with Crippen molar-refractivity contribution in [2.75, 3.05) is 6.73 Å². The van der Waals surface area contributed by atoms with E-state index in [-0.39, 0.29) is 0 Å². The summed E-state index contributed by atoms with van der Waals surface area (Å²) in [5.74, 6) is 0. The predicted molar refractivity (Wildman–Crippen MR) is 32.2 cm³/mol. The Morgan fingerprint density at radius 2 is 2.00 bits per heavy atom. The normalized spacial score (nSPS) is 26.6. The molecule has 2 nitrogen and oxygen atoms in total. The first-order valence-electron chi connectivity index (χ1n) is 3.28. The maximum absolute atomic E-state index is 4.99. The van der Waals surface area contributed by atoms with Crippen LogP contribution in [0.4, 0.5) is 0 Å². The van der Waals surface area contributed by atoms with E-state index in [1.165, 1.54) is 12.8 Å². The molecule has 0 bridgehead atoms. The van der Waals surface area contributed by atoms with Crippen molar-refractivity contribution in [1.82, 2.24) is 5.06 Å². The molecule has 0 radical (unpaired) electrons. The summed E-state index contributed by atoms with van der Waals surface area (Å²) in [6.07, 6.45) is 2.41. The molecule has 1 saturated heterocycles. The Hall–Kier alpha value is -0.0800. The highest BCUT2D eigenvalue weighted by Gasteiger charge is 2.26. The Labute approximate surface area is 50.4 Å². The molecule has 0 aliphatic carbocycles. The van der Waals surface area contributed by atoms with Crippen molar-refractivity contribution >= 4 is 0 Å². The van der Waals surface area contributed by atoms with Crippen molar-refractivity contribution in [3.05, 3.63) is 0 Å². The van der Waals surface area contributed by atoms with Gasteiger partial charge in [0.25, 0.3) is 0 Å². The summed E-state index contributed by atoms with van der Waals surface area (Å²) in [4.78, 5) is 4.99. The molecule has 0 saturated carbocycles. The quantitative estimate of drug-likeness (QED) is 0.516. The third-order valence-electron chi connectivity index (χ3n) is 1.63. The van der Waals surface area contributed by atoms with Crippen molar-refractivity contribution < 1.29 is 4.84 Å². The fourth-order valence-corrected chi connectivity index (χ4v) is 0.940. The largest absolute Gasteiger partial charge is 0.278 e. The lowest BCUT2D eigenvalue weighted by molar-refractivity contribution is 0.140. The van der Waals surface area contributed by atoms with Gasteiger partial charge < -0.3 is 0 Å². The summed E-state index contributed by atoms with van der Waals surface area (Å²) < 4.78 is 0. The molecule has 0 amide bonds. The summed E-state index contributed by atoms with van der Waals surface area (Å²) >= 11 is 0. The molecule has 1 aliphatic heterocycles. The number of hydrogen-bond acceptors (Lipinski definition) is 2. The zero-order valence-electron chi connectivity index (χ0n) is 5.55. The van der Waals surface area contributed by atoms with Crippen LogP contribution in [-0.2, 0) is 4.84 Å². The fourth-order valence-electron chi connectivity index (χ4n) is 0.940. The molecule has 1 fully saturated rings. The molecule has 1 aliphatic rings. The van der Waals surface area contributed by atoms with Gasteiger partial charge in [0.2, 0.25) is 0 Å².